The van der Waals surface area contributed by atoms with Crippen molar-refractivity contribution in [3.8, 4) is 0 Å². The molecule has 0 saturated heterocycles. The van der Waals surface area contributed by atoms with Crippen molar-refractivity contribution in [1.29, 1.82) is 0 Å². The van der Waals surface area contributed by atoms with Crippen LogP contribution in [0.3, 0.4) is 0 Å². The van der Waals surface area contributed by atoms with Gasteiger partial charge in [0.2, 0.25) is 16.0 Å². The van der Waals surface area contributed by atoms with Gasteiger partial charge in [-0.25, -0.2) is 23.5 Å². The molecule has 0 unspecified atom stereocenters. The van der Waals surface area contributed by atoms with Crippen molar-refractivity contribution in [3.05, 3.63) is 78.1 Å². The summed E-state index contributed by atoms with van der Waals surface area (Å²) < 4.78 is 25.2. The molecule has 5 rings (SSSR count). The van der Waals surface area contributed by atoms with Gasteiger partial charge in [-0.05, 0) is 68.4 Å². The van der Waals surface area contributed by atoms with Crippen molar-refractivity contribution in [2.45, 2.75) is 24.8 Å². The van der Waals surface area contributed by atoms with Gasteiger partial charge >= 0.3 is 0 Å². The van der Waals surface area contributed by atoms with E-state index in [2.05, 4.69) is 10.3 Å². The molecule has 2 heterocycles. The number of hydrogen-bond acceptors (Lipinski definition) is 6. The molecule has 10 heteroatoms. The van der Waals surface area contributed by atoms with Crippen LogP contribution in [0.2, 0.25) is 0 Å². The summed E-state index contributed by atoms with van der Waals surface area (Å²) in [5, 5.41) is 8.47. The summed E-state index contributed by atoms with van der Waals surface area (Å²) in [7, 11) is -3.79. The molecule has 0 amide bonds. The number of nitrogens with one attached hydrogen (secondary N) is 2. The quantitative estimate of drug-likeness (QED) is 0.317. The maximum Gasteiger partial charge on any atom is 0.238 e. The van der Waals surface area contributed by atoms with Crippen molar-refractivity contribution in [3.63, 3.8) is 0 Å². The fraction of sp³-hybridized carbons (Fsp3) is 0.125. The van der Waals surface area contributed by atoms with Crippen LogP contribution >= 0.6 is 0 Å². The number of para-hydroxylation sites is 2. The lowest BCUT2D eigenvalue weighted by atomic mass is 10.1. The minimum absolute atomic E-state index is 0.0216. The summed E-state index contributed by atoms with van der Waals surface area (Å²) in [6.07, 6.45) is 0. The van der Waals surface area contributed by atoms with Crippen LogP contribution in [0, 0.1) is 0 Å². The topological polar surface area (TPSA) is 136 Å². The standard InChI is InChI=1S/C24H22N6O3S/c1-14(23-27-19-5-3-4-6-20(19)28-23)30-22-12-7-16(15(2)31)13-21(22)29-24(30)26-17-8-10-18(11-9-17)34(25,32)33/h3-14H,1-2H3,(H,26,29)(H,27,28)(H2,25,32,33)/t14-/m1/s1. The molecule has 34 heavy (non-hydrogen) atoms. The molecule has 5 aromatic rings. The number of aromatic nitrogens is 4. The number of rotatable bonds is 6. The Bertz CT molecular complexity index is 1620. The van der Waals surface area contributed by atoms with Crippen LogP contribution in [0.4, 0.5) is 11.6 Å². The Morgan fingerprint density at radius 2 is 1.76 bits per heavy atom. The molecule has 0 spiro atoms. The minimum atomic E-state index is -3.79. The van der Waals surface area contributed by atoms with Gasteiger partial charge in [0.05, 0.1) is 33.0 Å². The number of ketones is 1. The van der Waals surface area contributed by atoms with Crippen molar-refractivity contribution >= 4 is 49.5 Å². The molecule has 0 saturated carbocycles. The molecule has 0 radical (unpaired) electrons. The van der Waals surface area contributed by atoms with E-state index in [-0.39, 0.29) is 16.7 Å². The lowest BCUT2D eigenvalue weighted by Gasteiger charge is -2.16. The third kappa shape index (κ3) is 3.93. The van der Waals surface area contributed by atoms with Crippen LogP contribution in [-0.2, 0) is 10.0 Å². The number of carbonyl (C=O) groups is 1. The first kappa shape index (κ1) is 21.8. The van der Waals surface area contributed by atoms with Gasteiger partial charge in [0.1, 0.15) is 5.82 Å². The number of H-pyrrole nitrogens is 1. The maximum atomic E-state index is 11.9. The van der Waals surface area contributed by atoms with Crippen molar-refractivity contribution < 1.29 is 13.2 Å². The van der Waals surface area contributed by atoms with Crippen LogP contribution in [0.25, 0.3) is 22.1 Å². The summed E-state index contributed by atoms with van der Waals surface area (Å²) in [6.45, 7) is 3.52. The van der Waals surface area contributed by atoms with E-state index in [0.29, 0.717) is 22.7 Å². The predicted molar refractivity (Wildman–Crippen MR) is 131 cm³/mol. The van der Waals surface area contributed by atoms with Crippen molar-refractivity contribution in [2.24, 2.45) is 5.14 Å². The number of anilines is 2. The summed E-state index contributed by atoms with van der Waals surface area (Å²) in [5.74, 6) is 1.23. The molecule has 0 aliphatic carbocycles. The number of hydrogen-bond donors (Lipinski definition) is 3. The SMILES string of the molecule is CC(=O)c1ccc2c(c1)nc(Nc1ccc(S(N)(=O)=O)cc1)n2[C@H](C)c1nc2ccccc2[nH]1. The number of nitrogens with zero attached hydrogens (tertiary/aromatic N) is 3. The molecule has 3 aromatic carbocycles. The first-order chi connectivity index (χ1) is 16.2. The van der Waals surface area contributed by atoms with Gasteiger partial charge in [-0.1, -0.05) is 12.1 Å². The van der Waals surface area contributed by atoms with Gasteiger partial charge in [0.15, 0.2) is 5.78 Å². The average molecular weight is 475 g/mol. The fourth-order valence-electron chi connectivity index (χ4n) is 3.95. The molecule has 9 nitrogen and oxygen atoms in total. The summed E-state index contributed by atoms with van der Waals surface area (Å²) in [6, 6.07) is 19.1. The molecule has 172 valence electrons. The summed E-state index contributed by atoms with van der Waals surface area (Å²) in [4.78, 5) is 24.8. The fourth-order valence-corrected chi connectivity index (χ4v) is 4.46. The minimum Gasteiger partial charge on any atom is -0.340 e. The Morgan fingerprint density at radius 1 is 1.03 bits per heavy atom. The highest BCUT2D eigenvalue weighted by atomic mass is 32.2. The van der Waals surface area contributed by atoms with E-state index in [1.807, 2.05) is 41.8 Å². The van der Waals surface area contributed by atoms with Gasteiger partial charge in [0, 0.05) is 11.3 Å². The molecular formula is C24H22N6O3S. The molecule has 1 atom stereocenters. The van der Waals surface area contributed by atoms with Gasteiger partial charge in [-0.3, -0.25) is 9.36 Å². The number of aromatic amines is 1. The Morgan fingerprint density at radius 3 is 2.44 bits per heavy atom. The van der Waals surface area contributed by atoms with E-state index >= 15 is 0 Å². The van der Waals surface area contributed by atoms with E-state index in [1.54, 1.807) is 24.3 Å². The van der Waals surface area contributed by atoms with E-state index < -0.39 is 10.0 Å². The van der Waals surface area contributed by atoms with Crippen LogP contribution in [0.15, 0.2) is 71.6 Å². The highest BCUT2D eigenvalue weighted by Crippen LogP contribution is 2.31. The molecule has 4 N–H and O–H groups in total. The Kier molecular flexibility index (Phi) is 5.18. The van der Waals surface area contributed by atoms with Crippen LogP contribution in [0.5, 0.6) is 0 Å². The predicted octanol–water partition coefficient (Wildman–Crippen LogP) is 4.12. The zero-order chi connectivity index (χ0) is 24.0. The Balaban J connectivity index is 1.62. The second kappa shape index (κ2) is 8.08. The van der Waals surface area contributed by atoms with E-state index in [9.17, 15) is 13.2 Å². The Labute approximate surface area is 195 Å². The highest BCUT2D eigenvalue weighted by molar-refractivity contribution is 7.89. The highest BCUT2D eigenvalue weighted by Gasteiger charge is 2.21. The summed E-state index contributed by atoms with van der Waals surface area (Å²) in [5.41, 5.74) is 4.47. The maximum absolute atomic E-state index is 11.9. The normalized spacial score (nSPS) is 12.8. The second-order valence-electron chi connectivity index (χ2n) is 8.07. The molecule has 2 aromatic heterocycles. The monoisotopic (exact) mass is 474 g/mol. The zero-order valence-corrected chi connectivity index (χ0v) is 19.3. The number of benzene rings is 3. The first-order valence-corrected chi connectivity index (χ1v) is 12.1. The van der Waals surface area contributed by atoms with E-state index in [4.69, 9.17) is 15.1 Å². The molecule has 0 aliphatic heterocycles. The molecular weight excluding hydrogens is 452 g/mol. The number of carbonyl (C=O) groups excluding carboxylic acids is 1. The number of Topliss-reactive ketones (excluding diaryl/α,β-unsaturated/α-hetero) is 1. The third-order valence-corrected chi connectivity index (χ3v) is 6.65. The average Bonchev–Trinajstić information content (AvgIpc) is 3.39. The summed E-state index contributed by atoms with van der Waals surface area (Å²) >= 11 is 0. The van der Waals surface area contributed by atoms with Gasteiger partial charge in [0.25, 0.3) is 0 Å². The van der Waals surface area contributed by atoms with Gasteiger partial charge < -0.3 is 10.3 Å². The number of sulfonamides is 1. The smallest absolute Gasteiger partial charge is 0.238 e. The lowest BCUT2D eigenvalue weighted by molar-refractivity contribution is 0.101. The van der Waals surface area contributed by atoms with Crippen molar-refractivity contribution in [2.75, 3.05) is 5.32 Å². The Hall–Kier alpha value is -4.02. The molecule has 0 fully saturated rings. The second-order valence-corrected chi connectivity index (χ2v) is 9.64. The van der Waals surface area contributed by atoms with Crippen LogP contribution in [-0.4, -0.2) is 33.7 Å². The molecule has 0 bridgehead atoms. The lowest BCUT2D eigenvalue weighted by Crippen LogP contribution is -2.13. The van der Waals surface area contributed by atoms with E-state index in [0.717, 1.165) is 22.4 Å². The van der Waals surface area contributed by atoms with Crippen LogP contribution < -0.4 is 10.5 Å². The third-order valence-electron chi connectivity index (χ3n) is 5.73. The van der Waals surface area contributed by atoms with Gasteiger partial charge in [-0.2, -0.15) is 0 Å². The van der Waals surface area contributed by atoms with E-state index in [1.165, 1.54) is 19.1 Å². The van der Waals surface area contributed by atoms with Crippen molar-refractivity contribution in [1.82, 2.24) is 19.5 Å². The largest absolute Gasteiger partial charge is 0.340 e. The number of primary sulfonamides is 1. The first-order valence-electron chi connectivity index (χ1n) is 10.6. The van der Waals surface area contributed by atoms with Crippen LogP contribution in [0.1, 0.15) is 36.1 Å². The number of imidazole rings is 2. The van der Waals surface area contributed by atoms with Gasteiger partial charge in [-0.15, -0.1) is 0 Å². The number of nitrogens with two attached hydrogens (primary N) is 1. The zero-order valence-electron chi connectivity index (χ0n) is 18.5. The number of fused-ring (bicyclic) bond motifs is 2. The molecule has 0 aliphatic rings.